The lowest BCUT2D eigenvalue weighted by Crippen LogP contribution is -1.91. The average molecular weight is 616 g/mol. The van der Waals surface area contributed by atoms with Crippen LogP contribution in [0.2, 0.25) is 0 Å². The van der Waals surface area contributed by atoms with Gasteiger partial charge in [-0.1, -0.05) is 157 Å². The van der Waals surface area contributed by atoms with E-state index in [1.807, 2.05) is 36.4 Å². The zero-order valence-corrected chi connectivity index (χ0v) is 24.1. The molecule has 0 saturated carbocycles. The molecule has 47 heavy (non-hydrogen) atoms. The van der Waals surface area contributed by atoms with E-state index in [9.17, 15) is 12.3 Å². The Morgan fingerprint density at radius 1 is 0.383 bits per heavy atom. The molecule has 218 valence electrons. The second-order valence-corrected chi connectivity index (χ2v) is 10.9. The standard InChI is InChI=1S/C46H28O/c1-3-14-33-29(11-1)13-9-21-36(33)44-39-18-7-5-16-37(39)43(38-17-6-8-19-40(38)44)32-25-23-31(24-26-32)34-20-10-22-42-45(34)41-28-27-30-12-2-4-15-35(30)46(41)47-42/h1-28H/i1D,3D,5D,6D,7D,8D,9D,11D,13D,14D,16D,17D,18D,19D,21D,23D,24D,25D,26D. The van der Waals surface area contributed by atoms with Gasteiger partial charge in [-0.15, -0.1) is 0 Å². The molecule has 0 unspecified atom stereocenters. The first kappa shape index (κ1) is 13.7. The molecule has 1 heterocycles. The van der Waals surface area contributed by atoms with Crippen molar-refractivity contribution in [3.8, 4) is 33.4 Å². The van der Waals surface area contributed by atoms with Crippen molar-refractivity contribution in [2.24, 2.45) is 0 Å². The number of rotatable bonds is 3. The third kappa shape index (κ3) is 3.90. The van der Waals surface area contributed by atoms with Crippen molar-refractivity contribution in [2.75, 3.05) is 0 Å². The summed E-state index contributed by atoms with van der Waals surface area (Å²) in [5.74, 6) is 0. The van der Waals surface area contributed by atoms with Gasteiger partial charge in [0.05, 0.1) is 26.0 Å². The van der Waals surface area contributed by atoms with E-state index in [-0.39, 0.29) is 11.1 Å². The lowest BCUT2D eigenvalue weighted by atomic mass is 9.84. The van der Waals surface area contributed by atoms with Crippen molar-refractivity contribution < 1.29 is 30.5 Å². The Hall–Kier alpha value is -6.18. The fraction of sp³-hybridized carbons (Fsp3) is 0. The summed E-state index contributed by atoms with van der Waals surface area (Å²) < 4.78 is 179. The molecule has 0 saturated heterocycles. The molecule has 0 radical (unpaired) electrons. The van der Waals surface area contributed by atoms with Crippen molar-refractivity contribution >= 4 is 65.0 Å². The van der Waals surface area contributed by atoms with Crippen molar-refractivity contribution in [1.82, 2.24) is 0 Å². The molecule has 9 aromatic carbocycles. The van der Waals surface area contributed by atoms with E-state index in [0.717, 1.165) is 10.8 Å². The van der Waals surface area contributed by atoms with Crippen LogP contribution in [0.25, 0.3) is 98.4 Å². The Bertz CT molecular complexity index is 3810. The van der Waals surface area contributed by atoms with E-state index in [4.69, 9.17) is 18.1 Å². The number of hydrogen-bond acceptors (Lipinski definition) is 1. The molecule has 0 spiro atoms. The van der Waals surface area contributed by atoms with E-state index in [2.05, 4.69) is 0 Å². The van der Waals surface area contributed by atoms with Gasteiger partial charge in [0.25, 0.3) is 0 Å². The van der Waals surface area contributed by atoms with Gasteiger partial charge in [-0.2, -0.15) is 0 Å². The first-order valence-corrected chi connectivity index (χ1v) is 14.6. The highest BCUT2D eigenvalue weighted by molar-refractivity contribution is 6.24. The van der Waals surface area contributed by atoms with Crippen LogP contribution in [0.4, 0.5) is 0 Å². The molecule has 0 N–H and O–H groups in total. The van der Waals surface area contributed by atoms with Gasteiger partial charge < -0.3 is 4.42 Å². The van der Waals surface area contributed by atoms with Gasteiger partial charge in [0, 0.05) is 16.2 Å². The van der Waals surface area contributed by atoms with Gasteiger partial charge in [-0.3, -0.25) is 0 Å². The smallest absolute Gasteiger partial charge is 0.143 e. The van der Waals surface area contributed by atoms with Crippen LogP contribution < -0.4 is 0 Å². The number of furan rings is 1. The molecule has 10 aromatic rings. The molecule has 0 amide bonds. The predicted octanol–water partition coefficient (Wildman–Crippen LogP) is 13.2. The minimum Gasteiger partial charge on any atom is -0.455 e. The zero-order valence-electron chi connectivity index (χ0n) is 43.1. The van der Waals surface area contributed by atoms with Gasteiger partial charge >= 0.3 is 0 Å². The summed E-state index contributed by atoms with van der Waals surface area (Å²) in [5, 5.41) is -0.545. The number of benzene rings is 9. The molecule has 1 aromatic heterocycles. The van der Waals surface area contributed by atoms with Gasteiger partial charge in [0.1, 0.15) is 11.2 Å². The summed E-state index contributed by atoms with van der Waals surface area (Å²) in [4.78, 5) is 0. The third-order valence-corrected chi connectivity index (χ3v) is 8.47. The van der Waals surface area contributed by atoms with E-state index < -0.39 is 169 Å². The van der Waals surface area contributed by atoms with Crippen LogP contribution in [0.3, 0.4) is 0 Å². The van der Waals surface area contributed by atoms with Crippen molar-refractivity contribution in [1.29, 1.82) is 0 Å². The summed E-state index contributed by atoms with van der Waals surface area (Å²) in [7, 11) is 0. The molecule has 0 fully saturated rings. The normalized spacial score (nSPS) is 17.5. The average Bonchev–Trinajstić information content (AvgIpc) is 3.70. The maximum absolute atomic E-state index is 9.64. The molecule has 1 nitrogen and oxygen atoms in total. The lowest BCUT2D eigenvalue weighted by molar-refractivity contribution is 0.673. The van der Waals surface area contributed by atoms with Crippen LogP contribution in [0.15, 0.2) is 174 Å². The van der Waals surface area contributed by atoms with Gasteiger partial charge in [-0.05, 0) is 83.2 Å². The van der Waals surface area contributed by atoms with Crippen LogP contribution >= 0.6 is 0 Å². The highest BCUT2D eigenvalue weighted by atomic mass is 16.3. The minimum absolute atomic E-state index is 0.165. The van der Waals surface area contributed by atoms with Crippen molar-refractivity contribution in [3.63, 3.8) is 0 Å². The summed E-state index contributed by atoms with van der Waals surface area (Å²) >= 11 is 0. The largest absolute Gasteiger partial charge is 0.455 e. The lowest BCUT2D eigenvalue weighted by Gasteiger charge is -2.19. The first-order valence-electron chi connectivity index (χ1n) is 24.1. The van der Waals surface area contributed by atoms with Crippen LogP contribution in [0.1, 0.15) is 26.0 Å². The maximum Gasteiger partial charge on any atom is 0.143 e. The maximum atomic E-state index is 9.64. The summed E-state index contributed by atoms with van der Waals surface area (Å²) in [6.45, 7) is 0. The van der Waals surface area contributed by atoms with Crippen molar-refractivity contribution in [2.45, 2.75) is 0 Å². The molecule has 0 bridgehead atoms. The van der Waals surface area contributed by atoms with E-state index in [1.165, 1.54) is 0 Å². The van der Waals surface area contributed by atoms with Gasteiger partial charge in [0.15, 0.2) is 0 Å². The van der Waals surface area contributed by atoms with Crippen LogP contribution in [-0.2, 0) is 0 Å². The van der Waals surface area contributed by atoms with Crippen molar-refractivity contribution in [3.05, 3.63) is 169 Å². The molecule has 10 rings (SSSR count). The minimum atomic E-state index is -0.871. The molecule has 0 aliphatic rings. The summed E-state index contributed by atoms with van der Waals surface area (Å²) in [6, 6.07) is 0.943. The third-order valence-electron chi connectivity index (χ3n) is 8.47. The highest BCUT2D eigenvalue weighted by Crippen LogP contribution is 2.46. The Labute approximate surface area is 298 Å². The molecule has 1 heteroatoms. The van der Waals surface area contributed by atoms with Crippen LogP contribution in [0.5, 0.6) is 0 Å². The highest BCUT2D eigenvalue weighted by Gasteiger charge is 2.19. The molecule has 0 aliphatic heterocycles. The van der Waals surface area contributed by atoms with E-state index in [0.29, 0.717) is 21.9 Å². The Kier molecular flexibility index (Phi) is 2.96. The van der Waals surface area contributed by atoms with E-state index in [1.54, 1.807) is 18.2 Å². The Morgan fingerprint density at radius 2 is 1.02 bits per heavy atom. The fourth-order valence-corrected chi connectivity index (χ4v) is 6.46. The Balaban J connectivity index is 1.44. The number of hydrogen-bond donors (Lipinski definition) is 0. The number of fused-ring (bicyclic) bond motifs is 8. The van der Waals surface area contributed by atoms with Crippen LogP contribution in [0, 0.1) is 0 Å². The molecule has 0 aliphatic carbocycles. The van der Waals surface area contributed by atoms with E-state index >= 15 is 0 Å². The monoisotopic (exact) mass is 615 g/mol. The van der Waals surface area contributed by atoms with Gasteiger partial charge in [-0.25, -0.2) is 0 Å². The quantitative estimate of drug-likeness (QED) is 0.180. The molecular formula is C46H28O. The molecular weight excluding hydrogens is 569 g/mol. The van der Waals surface area contributed by atoms with Gasteiger partial charge in [0.2, 0.25) is 0 Å². The topological polar surface area (TPSA) is 13.1 Å². The first-order chi connectivity index (χ1) is 31.2. The summed E-state index contributed by atoms with van der Waals surface area (Å²) in [6.07, 6.45) is 0. The predicted molar refractivity (Wildman–Crippen MR) is 200 cm³/mol. The SMILES string of the molecule is [2H]c1c([2H])c(-c2cccc3oc4c5ccccc5ccc4c23)c([2H])c([2H])c1-c1c2c([2H])c([2H])c([2H])c([2H])c2c(-c2c([2H])c([2H])c([2H])c3c([2H])c([2H])c([2H])c([2H])c23)c2c([2H])c([2H])c([2H])c([2H])c12. The summed E-state index contributed by atoms with van der Waals surface area (Å²) in [5.41, 5.74) is -1.28. The van der Waals surface area contributed by atoms with Crippen LogP contribution in [-0.4, -0.2) is 0 Å². The second-order valence-electron chi connectivity index (χ2n) is 10.9. The molecule has 0 atom stereocenters. The Morgan fingerprint density at radius 3 is 1.79 bits per heavy atom. The fourth-order valence-electron chi connectivity index (χ4n) is 6.46. The zero-order chi connectivity index (χ0) is 47.4. The second kappa shape index (κ2) is 10.2.